The number of nitrogens with zero attached hydrogens (tertiary/aromatic N) is 2. The van der Waals surface area contributed by atoms with Crippen LogP contribution in [0.3, 0.4) is 0 Å². The summed E-state index contributed by atoms with van der Waals surface area (Å²) in [6, 6.07) is 3.45. The van der Waals surface area contributed by atoms with E-state index in [1.54, 1.807) is 24.5 Å². The molecule has 7 heteroatoms. The Kier molecular flexibility index (Phi) is 4.49. The molecular formula is C12H17N3O3S. The number of piperidine rings is 1. The number of amides is 1. The van der Waals surface area contributed by atoms with Crippen molar-refractivity contribution in [2.75, 3.05) is 13.1 Å². The SMILES string of the molecule is O=C(Cc1cccnc1)NS(=O)(=O)N1CCCCC1. The van der Waals surface area contributed by atoms with E-state index in [0.717, 1.165) is 19.3 Å². The lowest BCUT2D eigenvalue weighted by molar-refractivity contribution is -0.118. The van der Waals surface area contributed by atoms with Gasteiger partial charge < -0.3 is 0 Å². The Morgan fingerprint density at radius 1 is 1.32 bits per heavy atom. The van der Waals surface area contributed by atoms with Gasteiger partial charge in [0.25, 0.3) is 0 Å². The molecule has 1 fully saturated rings. The van der Waals surface area contributed by atoms with Crippen LogP contribution in [0.15, 0.2) is 24.5 Å². The molecule has 0 saturated carbocycles. The molecule has 0 aliphatic carbocycles. The molecule has 2 rings (SSSR count). The highest BCUT2D eigenvalue weighted by atomic mass is 32.2. The van der Waals surface area contributed by atoms with Gasteiger partial charge in [-0.05, 0) is 24.5 Å². The highest BCUT2D eigenvalue weighted by Gasteiger charge is 2.25. The first kappa shape index (κ1) is 14.0. The number of carbonyl (C=O) groups excluding carboxylic acids is 1. The van der Waals surface area contributed by atoms with Crippen LogP contribution in [0.4, 0.5) is 0 Å². The number of aromatic nitrogens is 1. The van der Waals surface area contributed by atoms with E-state index in [0.29, 0.717) is 18.7 Å². The van der Waals surface area contributed by atoms with E-state index in [1.165, 1.54) is 4.31 Å². The first-order valence-corrected chi connectivity index (χ1v) is 7.71. The summed E-state index contributed by atoms with van der Waals surface area (Å²) < 4.78 is 27.4. The van der Waals surface area contributed by atoms with Gasteiger partial charge in [0, 0.05) is 25.5 Å². The zero-order chi connectivity index (χ0) is 13.7. The van der Waals surface area contributed by atoms with Crippen molar-refractivity contribution in [2.45, 2.75) is 25.7 Å². The molecule has 0 atom stereocenters. The van der Waals surface area contributed by atoms with Gasteiger partial charge in [0.05, 0.1) is 6.42 Å². The van der Waals surface area contributed by atoms with Gasteiger partial charge in [-0.2, -0.15) is 12.7 Å². The second kappa shape index (κ2) is 6.12. The number of pyridine rings is 1. The summed E-state index contributed by atoms with van der Waals surface area (Å²) in [6.45, 7) is 0.963. The van der Waals surface area contributed by atoms with Gasteiger partial charge >= 0.3 is 10.2 Å². The second-order valence-corrected chi connectivity index (χ2v) is 6.20. The van der Waals surface area contributed by atoms with Gasteiger partial charge in [-0.3, -0.25) is 9.78 Å². The molecular weight excluding hydrogens is 266 g/mol. The normalized spacial score (nSPS) is 17.1. The van der Waals surface area contributed by atoms with Crippen LogP contribution in [-0.4, -0.2) is 36.7 Å². The first-order chi connectivity index (χ1) is 9.08. The fraction of sp³-hybridized carbons (Fsp3) is 0.500. The third kappa shape index (κ3) is 4.00. The monoisotopic (exact) mass is 283 g/mol. The van der Waals surface area contributed by atoms with Gasteiger partial charge in [-0.25, -0.2) is 4.72 Å². The number of hydrogen-bond donors (Lipinski definition) is 1. The van der Waals surface area contributed by atoms with Gasteiger partial charge in [-0.1, -0.05) is 12.5 Å². The van der Waals surface area contributed by atoms with E-state index in [-0.39, 0.29) is 6.42 Å². The zero-order valence-electron chi connectivity index (χ0n) is 10.6. The molecule has 0 radical (unpaired) electrons. The van der Waals surface area contributed by atoms with Crippen LogP contribution in [0.25, 0.3) is 0 Å². The summed E-state index contributed by atoms with van der Waals surface area (Å²) >= 11 is 0. The molecule has 1 aliphatic heterocycles. The largest absolute Gasteiger partial charge is 0.303 e. The van der Waals surface area contributed by atoms with Crippen molar-refractivity contribution < 1.29 is 13.2 Å². The lowest BCUT2D eigenvalue weighted by Gasteiger charge is -2.25. The van der Waals surface area contributed by atoms with E-state index < -0.39 is 16.1 Å². The van der Waals surface area contributed by atoms with Crippen LogP contribution < -0.4 is 4.72 Å². The third-order valence-electron chi connectivity index (χ3n) is 2.99. The molecule has 19 heavy (non-hydrogen) atoms. The summed E-state index contributed by atoms with van der Waals surface area (Å²) in [5.74, 6) is -0.529. The van der Waals surface area contributed by atoms with Crippen LogP contribution >= 0.6 is 0 Å². The van der Waals surface area contributed by atoms with Crippen molar-refractivity contribution in [1.29, 1.82) is 0 Å². The van der Waals surface area contributed by atoms with Crippen LogP contribution in [0.2, 0.25) is 0 Å². The van der Waals surface area contributed by atoms with Gasteiger partial charge in [0.15, 0.2) is 0 Å². The molecule has 1 amide bonds. The van der Waals surface area contributed by atoms with Crippen molar-refractivity contribution in [3.8, 4) is 0 Å². The maximum Gasteiger partial charge on any atom is 0.303 e. The number of hydrogen-bond acceptors (Lipinski definition) is 4. The molecule has 1 aromatic rings. The highest BCUT2D eigenvalue weighted by molar-refractivity contribution is 7.87. The molecule has 1 saturated heterocycles. The van der Waals surface area contributed by atoms with Gasteiger partial charge in [0.1, 0.15) is 0 Å². The molecule has 2 heterocycles. The average molecular weight is 283 g/mol. The predicted octanol–water partition coefficient (Wildman–Crippen LogP) is 0.471. The summed E-state index contributed by atoms with van der Waals surface area (Å²) in [4.78, 5) is 15.6. The molecule has 1 N–H and O–H groups in total. The van der Waals surface area contributed by atoms with E-state index >= 15 is 0 Å². The fourth-order valence-electron chi connectivity index (χ4n) is 2.04. The topological polar surface area (TPSA) is 79.4 Å². The minimum atomic E-state index is -3.69. The Hall–Kier alpha value is -1.47. The Morgan fingerprint density at radius 2 is 2.05 bits per heavy atom. The van der Waals surface area contributed by atoms with Gasteiger partial charge in [-0.15, -0.1) is 0 Å². The lowest BCUT2D eigenvalue weighted by atomic mass is 10.2. The van der Waals surface area contributed by atoms with Crippen LogP contribution in [0.1, 0.15) is 24.8 Å². The number of nitrogens with one attached hydrogen (secondary N) is 1. The second-order valence-electron chi connectivity index (χ2n) is 4.53. The van der Waals surface area contributed by atoms with Crippen molar-refractivity contribution in [2.24, 2.45) is 0 Å². The maximum atomic E-state index is 12.0. The Balaban J connectivity index is 1.94. The van der Waals surface area contributed by atoms with E-state index in [2.05, 4.69) is 9.71 Å². The minimum Gasteiger partial charge on any atom is -0.274 e. The molecule has 0 spiro atoms. The number of carbonyl (C=O) groups is 1. The molecule has 6 nitrogen and oxygen atoms in total. The molecule has 1 aromatic heterocycles. The molecule has 1 aliphatic rings. The van der Waals surface area contributed by atoms with E-state index in [4.69, 9.17) is 0 Å². The van der Waals surface area contributed by atoms with Crippen molar-refractivity contribution in [3.63, 3.8) is 0 Å². The Labute approximate surface area is 113 Å². The average Bonchev–Trinajstić information content (AvgIpc) is 2.40. The summed E-state index contributed by atoms with van der Waals surface area (Å²) in [6.07, 6.45) is 5.89. The van der Waals surface area contributed by atoms with Crippen molar-refractivity contribution in [1.82, 2.24) is 14.0 Å². The lowest BCUT2D eigenvalue weighted by Crippen LogP contribution is -2.46. The van der Waals surface area contributed by atoms with E-state index in [1.807, 2.05) is 0 Å². The third-order valence-corrected chi connectivity index (χ3v) is 4.52. The van der Waals surface area contributed by atoms with Gasteiger partial charge in [0.2, 0.25) is 5.91 Å². The van der Waals surface area contributed by atoms with Crippen LogP contribution in [0.5, 0.6) is 0 Å². The molecule has 0 aromatic carbocycles. The fourth-order valence-corrected chi connectivity index (χ4v) is 3.27. The van der Waals surface area contributed by atoms with E-state index in [9.17, 15) is 13.2 Å². The molecule has 104 valence electrons. The molecule has 0 bridgehead atoms. The zero-order valence-corrected chi connectivity index (χ0v) is 11.4. The van der Waals surface area contributed by atoms with Crippen LogP contribution in [0, 0.1) is 0 Å². The highest BCUT2D eigenvalue weighted by Crippen LogP contribution is 2.11. The first-order valence-electron chi connectivity index (χ1n) is 6.27. The summed E-state index contributed by atoms with van der Waals surface area (Å²) in [5.41, 5.74) is 0.689. The van der Waals surface area contributed by atoms with Crippen molar-refractivity contribution >= 4 is 16.1 Å². The maximum absolute atomic E-state index is 12.0. The summed E-state index contributed by atoms with van der Waals surface area (Å²) in [5, 5.41) is 0. The smallest absolute Gasteiger partial charge is 0.274 e. The molecule has 0 unspecified atom stereocenters. The Bertz CT molecular complexity index is 524. The predicted molar refractivity (Wildman–Crippen MR) is 70.4 cm³/mol. The summed E-state index contributed by atoms with van der Waals surface area (Å²) in [7, 11) is -3.69. The number of rotatable bonds is 4. The Morgan fingerprint density at radius 3 is 2.68 bits per heavy atom. The van der Waals surface area contributed by atoms with Crippen LogP contribution in [-0.2, 0) is 21.4 Å². The standard InChI is InChI=1S/C12H17N3O3S/c16-12(9-11-5-4-6-13-10-11)14-19(17,18)15-7-2-1-3-8-15/h4-6,10H,1-3,7-9H2,(H,14,16). The van der Waals surface area contributed by atoms with Crippen molar-refractivity contribution in [3.05, 3.63) is 30.1 Å². The minimum absolute atomic E-state index is 0.0148. The quantitative estimate of drug-likeness (QED) is 0.871.